The largest absolute Gasteiger partial charge is 0.370 e. The number of nitrogens with two attached hydrogens (primary N) is 1. The van der Waals surface area contributed by atoms with E-state index in [1.165, 1.54) is 0 Å². The number of rotatable bonds is 4. The van der Waals surface area contributed by atoms with Crippen molar-refractivity contribution < 1.29 is 0 Å². The molecule has 0 saturated carbocycles. The molecular weight excluding hydrogens is 422 g/mol. The van der Waals surface area contributed by atoms with E-state index >= 15 is 0 Å². The number of guanidine groups is 1. The number of hydrogen-bond acceptors (Lipinski definition) is 2. The molecule has 21 heavy (non-hydrogen) atoms. The SMILES string of the molecule is CC(NC(N)=NCC(C)(C)C#N)c1ccc(Cl)cc1Cl.I. The van der Waals surface area contributed by atoms with Gasteiger partial charge in [0.1, 0.15) is 0 Å². The van der Waals surface area contributed by atoms with Crippen LogP contribution in [0.3, 0.4) is 0 Å². The number of nitrogens with zero attached hydrogens (tertiary/aromatic N) is 2. The van der Waals surface area contributed by atoms with E-state index in [2.05, 4.69) is 16.4 Å². The smallest absolute Gasteiger partial charge is 0.189 e. The molecule has 116 valence electrons. The topological polar surface area (TPSA) is 74.2 Å². The summed E-state index contributed by atoms with van der Waals surface area (Å²) in [6.45, 7) is 5.88. The van der Waals surface area contributed by atoms with Gasteiger partial charge in [0.25, 0.3) is 0 Å². The molecule has 0 amide bonds. The Labute approximate surface area is 152 Å². The van der Waals surface area contributed by atoms with Crippen LogP contribution in [0.4, 0.5) is 0 Å². The summed E-state index contributed by atoms with van der Waals surface area (Å²) in [7, 11) is 0. The number of halogens is 3. The number of nitriles is 1. The molecule has 1 unspecified atom stereocenters. The van der Waals surface area contributed by atoms with Gasteiger partial charge in [0.05, 0.1) is 24.1 Å². The van der Waals surface area contributed by atoms with Crippen LogP contribution in [0.1, 0.15) is 32.4 Å². The lowest BCUT2D eigenvalue weighted by Gasteiger charge is -2.18. The van der Waals surface area contributed by atoms with Crippen LogP contribution in [0.25, 0.3) is 0 Å². The highest BCUT2D eigenvalue weighted by Gasteiger charge is 2.16. The average molecular weight is 441 g/mol. The molecule has 0 aliphatic heterocycles. The molecule has 0 bridgehead atoms. The van der Waals surface area contributed by atoms with Crippen LogP contribution in [0.2, 0.25) is 10.0 Å². The monoisotopic (exact) mass is 440 g/mol. The first-order valence-corrected chi connectivity index (χ1v) is 6.93. The van der Waals surface area contributed by atoms with E-state index < -0.39 is 5.41 Å². The van der Waals surface area contributed by atoms with Gasteiger partial charge in [-0.05, 0) is 38.5 Å². The van der Waals surface area contributed by atoms with Gasteiger partial charge in [-0.3, -0.25) is 4.99 Å². The number of hydrogen-bond donors (Lipinski definition) is 2. The third-order valence-corrected chi connectivity index (χ3v) is 3.30. The molecule has 1 aromatic rings. The molecule has 1 aromatic carbocycles. The molecule has 0 fully saturated rings. The van der Waals surface area contributed by atoms with Crippen molar-refractivity contribution >= 4 is 53.1 Å². The maximum Gasteiger partial charge on any atom is 0.189 e. The van der Waals surface area contributed by atoms with Gasteiger partial charge >= 0.3 is 0 Å². The predicted octanol–water partition coefficient (Wildman–Crippen LogP) is 4.13. The molecule has 1 atom stereocenters. The van der Waals surface area contributed by atoms with Gasteiger partial charge in [-0.1, -0.05) is 29.3 Å². The minimum atomic E-state index is -0.534. The van der Waals surface area contributed by atoms with Crippen molar-refractivity contribution in [1.29, 1.82) is 5.26 Å². The van der Waals surface area contributed by atoms with E-state index in [0.29, 0.717) is 16.6 Å². The van der Waals surface area contributed by atoms with Crippen molar-refractivity contribution in [2.24, 2.45) is 16.1 Å². The lowest BCUT2D eigenvalue weighted by atomic mass is 9.96. The zero-order valence-corrected chi connectivity index (χ0v) is 16.0. The van der Waals surface area contributed by atoms with E-state index in [9.17, 15) is 0 Å². The Bertz CT molecular complexity index is 552. The molecule has 3 N–H and O–H groups in total. The van der Waals surface area contributed by atoms with E-state index in [0.717, 1.165) is 5.56 Å². The number of benzene rings is 1. The Morgan fingerprint density at radius 3 is 2.62 bits per heavy atom. The first kappa shape index (κ1) is 20.3. The van der Waals surface area contributed by atoms with Gasteiger partial charge in [0.15, 0.2) is 5.96 Å². The van der Waals surface area contributed by atoms with Crippen molar-refractivity contribution in [2.75, 3.05) is 6.54 Å². The summed E-state index contributed by atoms with van der Waals surface area (Å²) in [5.74, 6) is 0.284. The van der Waals surface area contributed by atoms with E-state index in [-0.39, 0.29) is 36.0 Å². The van der Waals surface area contributed by atoms with Gasteiger partial charge in [0, 0.05) is 10.0 Å². The van der Waals surface area contributed by atoms with Crippen molar-refractivity contribution in [1.82, 2.24) is 5.32 Å². The normalized spacial score (nSPS) is 13.0. The molecule has 0 spiro atoms. The Balaban J connectivity index is 0.00000400. The van der Waals surface area contributed by atoms with E-state index in [1.807, 2.05) is 26.8 Å². The highest BCUT2D eigenvalue weighted by Crippen LogP contribution is 2.25. The zero-order chi connectivity index (χ0) is 15.3. The van der Waals surface area contributed by atoms with Gasteiger partial charge in [-0.2, -0.15) is 5.26 Å². The summed E-state index contributed by atoms with van der Waals surface area (Å²) >= 11 is 12.0. The lowest BCUT2D eigenvalue weighted by Crippen LogP contribution is -2.35. The van der Waals surface area contributed by atoms with E-state index in [4.69, 9.17) is 34.2 Å². The molecule has 0 radical (unpaired) electrons. The Morgan fingerprint density at radius 1 is 1.48 bits per heavy atom. The fourth-order valence-corrected chi connectivity index (χ4v) is 2.09. The second kappa shape index (κ2) is 8.66. The third kappa shape index (κ3) is 6.72. The van der Waals surface area contributed by atoms with Crippen LogP contribution in [-0.4, -0.2) is 12.5 Å². The Hall–Kier alpha value is -0.710. The van der Waals surface area contributed by atoms with Crippen molar-refractivity contribution in [2.45, 2.75) is 26.8 Å². The summed E-state index contributed by atoms with van der Waals surface area (Å²) < 4.78 is 0. The molecule has 1 rings (SSSR count). The molecular formula is C14H19Cl2IN4. The Morgan fingerprint density at radius 2 is 2.10 bits per heavy atom. The molecule has 0 aliphatic carbocycles. The first-order valence-electron chi connectivity index (χ1n) is 6.18. The summed E-state index contributed by atoms with van der Waals surface area (Å²) in [6, 6.07) is 7.36. The predicted molar refractivity (Wildman–Crippen MR) is 99.3 cm³/mol. The van der Waals surface area contributed by atoms with Gasteiger partial charge < -0.3 is 11.1 Å². The summed E-state index contributed by atoms with van der Waals surface area (Å²) in [6.07, 6.45) is 0. The molecule has 4 nitrogen and oxygen atoms in total. The molecule has 7 heteroatoms. The van der Waals surface area contributed by atoms with Crippen molar-refractivity contribution in [3.8, 4) is 6.07 Å². The van der Waals surface area contributed by atoms with Crippen LogP contribution in [-0.2, 0) is 0 Å². The fourth-order valence-electron chi connectivity index (χ4n) is 1.52. The molecule has 0 aliphatic rings. The Kier molecular flexibility index (Phi) is 8.37. The maximum absolute atomic E-state index is 8.92. The van der Waals surface area contributed by atoms with Crippen LogP contribution in [0.5, 0.6) is 0 Å². The average Bonchev–Trinajstić information content (AvgIpc) is 2.36. The highest BCUT2D eigenvalue weighted by atomic mass is 127. The van der Waals surface area contributed by atoms with Crippen molar-refractivity contribution in [3.05, 3.63) is 33.8 Å². The molecule has 0 saturated heterocycles. The van der Waals surface area contributed by atoms with Gasteiger partial charge in [0.2, 0.25) is 0 Å². The van der Waals surface area contributed by atoms with Crippen LogP contribution in [0, 0.1) is 16.7 Å². The van der Waals surface area contributed by atoms with E-state index in [1.54, 1.807) is 12.1 Å². The van der Waals surface area contributed by atoms with Gasteiger partial charge in [-0.25, -0.2) is 0 Å². The number of nitrogens with one attached hydrogen (secondary N) is 1. The third-order valence-electron chi connectivity index (χ3n) is 2.74. The quantitative estimate of drug-likeness (QED) is 0.420. The summed E-state index contributed by atoms with van der Waals surface area (Å²) in [5, 5.41) is 13.1. The lowest BCUT2D eigenvalue weighted by molar-refractivity contribution is 0.510. The second-order valence-corrected chi connectivity index (χ2v) is 6.07. The molecule has 0 heterocycles. The standard InChI is InChI=1S/C14H18Cl2N4.HI/c1-9(11-5-4-10(15)6-12(11)16)20-13(18)19-8-14(2,3)7-17;/h4-6,9H,8H2,1-3H3,(H3,18,19,20);1H. The van der Waals surface area contributed by atoms with Crippen LogP contribution < -0.4 is 11.1 Å². The highest BCUT2D eigenvalue weighted by molar-refractivity contribution is 14.0. The fraction of sp³-hybridized carbons (Fsp3) is 0.429. The molecule has 0 aromatic heterocycles. The summed E-state index contributed by atoms with van der Waals surface area (Å²) in [4.78, 5) is 4.17. The minimum Gasteiger partial charge on any atom is -0.370 e. The van der Waals surface area contributed by atoms with Crippen LogP contribution >= 0.6 is 47.2 Å². The number of aliphatic imine (C=N–C) groups is 1. The first-order chi connectivity index (χ1) is 9.25. The maximum atomic E-state index is 8.92. The zero-order valence-electron chi connectivity index (χ0n) is 12.2. The van der Waals surface area contributed by atoms with Crippen molar-refractivity contribution in [3.63, 3.8) is 0 Å². The summed E-state index contributed by atoms with van der Waals surface area (Å²) in [5.41, 5.74) is 6.16. The van der Waals surface area contributed by atoms with Gasteiger partial charge in [-0.15, -0.1) is 24.0 Å². The minimum absolute atomic E-state index is 0. The van der Waals surface area contributed by atoms with Crippen LogP contribution in [0.15, 0.2) is 23.2 Å². The second-order valence-electron chi connectivity index (χ2n) is 5.23.